The molecule has 110 valence electrons. The normalized spacial score (nSPS) is 11.8. The number of methoxy groups -OCH3 is 2. The van der Waals surface area contributed by atoms with E-state index >= 15 is 0 Å². The summed E-state index contributed by atoms with van der Waals surface area (Å²) in [6.07, 6.45) is 0.521. The topological polar surface area (TPSA) is 35.5 Å². The van der Waals surface area contributed by atoms with E-state index in [4.69, 9.17) is 21.1 Å². The van der Waals surface area contributed by atoms with Crippen LogP contribution >= 0.6 is 11.6 Å². The maximum absolute atomic E-state index is 11.8. The van der Waals surface area contributed by atoms with Gasteiger partial charge in [-0.1, -0.05) is 24.3 Å². The van der Waals surface area contributed by atoms with Crippen LogP contribution < -0.4 is 9.47 Å². The van der Waals surface area contributed by atoms with Crippen LogP contribution in [-0.2, 0) is 11.2 Å². The second-order valence-electron chi connectivity index (χ2n) is 4.69. The molecule has 0 N–H and O–H groups in total. The Bertz CT molecular complexity index is 625. The third kappa shape index (κ3) is 3.99. The minimum absolute atomic E-state index is 0.383. The van der Waals surface area contributed by atoms with Gasteiger partial charge in [0.2, 0.25) is 5.24 Å². The van der Waals surface area contributed by atoms with E-state index in [9.17, 15) is 4.79 Å². The van der Waals surface area contributed by atoms with Crippen LogP contribution in [0.3, 0.4) is 0 Å². The highest BCUT2D eigenvalue weighted by molar-refractivity contribution is 6.64. The lowest BCUT2D eigenvalue weighted by Crippen LogP contribution is -2.10. The average Bonchev–Trinajstić information content (AvgIpc) is 2.52. The number of carbonyl (C=O) groups is 1. The molecule has 0 amide bonds. The van der Waals surface area contributed by atoms with Crippen molar-refractivity contribution in [2.24, 2.45) is 0 Å². The molecule has 0 saturated heterocycles. The number of hydrogen-bond donors (Lipinski definition) is 0. The summed E-state index contributed by atoms with van der Waals surface area (Å²) >= 11 is 5.79. The smallest absolute Gasteiger partial charge is 0.229 e. The number of hydrogen-bond acceptors (Lipinski definition) is 3. The van der Waals surface area contributed by atoms with Gasteiger partial charge in [-0.15, -0.1) is 0 Å². The number of ether oxygens (including phenoxy) is 2. The minimum Gasteiger partial charge on any atom is -0.497 e. The summed E-state index contributed by atoms with van der Waals surface area (Å²) in [5.41, 5.74) is 1.84. The van der Waals surface area contributed by atoms with Crippen LogP contribution in [0.5, 0.6) is 11.5 Å². The highest BCUT2D eigenvalue weighted by Crippen LogP contribution is 2.27. The summed E-state index contributed by atoms with van der Waals surface area (Å²) in [4.78, 5) is 11.8. The average molecular weight is 305 g/mol. The first-order valence-electron chi connectivity index (χ1n) is 6.60. The lowest BCUT2D eigenvalue weighted by molar-refractivity contribution is -0.113. The molecule has 0 saturated carbocycles. The maximum Gasteiger partial charge on any atom is 0.229 e. The fourth-order valence-corrected chi connectivity index (χ4v) is 2.43. The van der Waals surface area contributed by atoms with E-state index in [-0.39, 0.29) is 5.24 Å². The number of halogens is 1. The Balaban J connectivity index is 2.28. The van der Waals surface area contributed by atoms with Crippen molar-refractivity contribution >= 4 is 16.8 Å². The molecule has 0 aliphatic heterocycles. The first kappa shape index (κ1) is 15.4. The van der Waals surface area contributed by atoms with Crippen molar-refractivity contribution in [3.05, 3.63) is 59.7 Å². The largest absolute Gasteiger partial charge is 0.497 e. The van der Waals surface area contributed by atoms with Crippen LogP contribution in [0.1, 0.15) is 17.0 Å². The van der Waals surface area contributed by atoms with E-state index < -0.39 is 5.92 Å². The molecular formula is C17H17ClO3. The van der Waals surface area contributed by atoms with Gasteiger partial charge in [0, 0.05) is 0 Å². The van der Waals surface area contributed by atoms with Gasteiger partial charge in [0.1, 0.15) is 11.5 Å². The van der Waals surface area contributed by atoms with Crippen molar-refractivity contribution in [2.45, 2.75) is 12.3 Å². The highest BCUT2D eigenvalue weighted by atomic mass is 35.5. The first-order chi connectivity index (χ1) is 10.1. The van der Waals surface area contributed by atoms with E-state index in [0.717, 1.165) is 16.9 Å². The van der Waals surface area contributed by atoms with Gasteiger partial charge in [0.05, 0.1) is 20.1 Å². The van der Waals surface area contributed by atoms with Crippen LogP contribution in [-0.4, -0.2) is 19.5 Å². The zero-order chi connectivity index (χ0) is 15.2. The second-order valence-corrected chi connectivity index (χ2v) is 5.06. The molecule has 2 aromatic carbocycles. The molecule has 2 rings (SSSR count). The Kier molecular flexibility index (Phi) is 5.23. The Labute approximate surface area is 129 Å². The minimum atomic E-state index is -0.408. The van der Waals surface area contributed by atoms with Gasteiger partial charge in [-0.25, -0.2) is 0 Å². The molecule has 3 nitrogen and oxygen atoms in total. The van der Waals surface area contributed by atoms with Crippen molar-refractivity contribution in [3.8, 4) is 11.5 Å². The third-order valence-electron chi connectivity index (χ3n) is 3.34. The fraction of sp³-hybridized carbons (Fsp3) is 0.235. The van der Waals surface area contributed by atoms with Crippen molar-refractivity contribution in [1.29, 1.82) is 0 Å². The SMILES string of the molecule is COc1cccc(CC(C(=O)Cl)c2cccc(OC)c2)c1. The van der Waals surface area contributed by atoms with Crippen LogP contribution in [0.2, 0.25) is 0 Å². The fourth-order valence-electron chi connectivity index (χ4n) is 2.22. The zero-order valence-corrected chi connectivity index (χ0v) is 12.8. The monoisotopic (exact) mass is 304 g/mol. The summed E-state index contributed by atoms with van der Waals surface area (Å²) in [6.45, 7) is 0. The number of rotatable bonds is 6. The standard InChI is InChI=1S/C17H17ClO3/c1-20-14-7-3-5-12(9-14)10-16(17(18)19)13-6-4-8-15(11-13)21-2/h3-9,11,16H,10H2,1-2H3. The van der Waals surface area contributed by atoms with Crippen molar-refractivity contribution in [1.82, 2.24) is 0 Å². The Morgan fingerprint density at radius 3 is 2.29 bits per heavy atom. The lowest BCUT2D eigenvalue weighted by Gasteiger charge is -2.14. The van der Waals surface area contributed by atoms with E-state index in [2.05, 4.69) is 0 Å². The summed E-state index contributed by atoms with van der Waals surface area (Å²) in [7, 11) is 3.21. The lowest BCUT2D eigenvalue weighted by atomic mass is 9.93. The van der Waals surface area contributed by atoms with Gasteiger partial charge in [-0.2, -0.15) is 0 Å². The van der Waals surface area contributed by atoms with E-state index in [0.29, 0.717) is 12.2 Å². The molecule has 0 radical (unpaired) electrons. The van der Waals surface area contributed by atoms with E-state index in [1.165, 1.54) is 0 Å². The van der Waals surface area contributed by atoms with Crippen LogP contribution in [0.4, 0.5) is 0 Å². The molecule has 0 aliphatic rings. The van der Waals surface area contributed by atoms with Gasteiger partial charge in [0.15, 0.2) is 0 Å². The molecule has 2 aromatic rings. The molecule has 21 heavy (non-hydrogen) atoms. The molecule has 1 atom stereocenters. The number of carbonyl (C=O) groups excluding carboxylic acids is 1. The van der Waals surface area contributed by atoms with Crippen LogP contribution in [0, 0.1) is 0 Å². The zero-order valence-electron chi connectivity index (χ0n) is 12.0. The maximum atomic E-state index is 11.8. The molecule has 0 aromatic heterocycles. The summed E-state index contributed by atoms with van der Waals surface area (Å²) in [5.74, 6) is 1.06. The number of benzene rings is 2. The Morgan fingerprint density at radius 1 is 1.05 bits per heavy atom. The Morgan fingerprint density at radius 2 is 1.67 bits per heavy atom. The third-order valence-corrected chi connectivity index (χ3v) is 3.61. The quantitative estimate of drug-likeness (QED) is 0.762. The van der Waals surface area contributed by atoms with Crippen LogP contribution in [0.15, 0.2) is 48.5 Å². The summed E-state index contributed by atoms with van der Waals surface area (Å²) in [5, 5.41) is -0.383. The molecular weight excluding hydrogens is 288 g/mol. The molecule has 0 aliphatic carbocycles. The molecule has 4 heteroatoms. The first-order valence-corrected chi connectivity index (χ1v) is 6.98. The van der Waals surface area contributed by atoms with Gasteiger partial charge in [0.25, 0.3) is 0 Å². The van der Waals surface area contributed by atoms with Crippen LogP contribution in [0.25, 0.3) is 0 Å². The Hall–Kier alpha value is -2.00. The molecule has 0 heterocycles. The van der Waals surface area contributed by atoms with Crippen molar-refractivity contribution < 1.29 is 14.3 Å². The predicted molar refractivity (Wildman–Crippen MR) is 83.3 cm³/mol. The van der Waals surface area contributed by atoms with E-state index in [1.54, 1.807) is 14.2 Å². The van der Waals surface area contributed by atoms with Gasteiger partial charge in [-0.3, -0.25) is 4.79 Å². The van der Waals surface area contributed by atoms with Gasteiger partial charge < -0.3 is 9.47 Å². The molecule has 1 unspecified atom stereocenters. The van der Waals surface area contributed by atoms with E-state index in [1.807, 2.05) is 48.5 Å². The predicted octanol–water partition coefficient (Wildman–Crippen LogP) is 3.80. The summed E-state index contributed by atoms with van der Waals surface area (Å²) in [6, 6.07) is 15.0. The van der Waals surface area contributed by atoms with Crippen molar-refractivity contribution in [3.63, 3.8) is 0 Å². The highest BCUT2D eigenvalue weighted by Gasteiger charge is 2.20. The molecule has 0 spiro atoms. The van der Waals surface area contributed by atoms with Crippen molar-refractivity contribution in [2.75, 3.05) is 14.2 Å². The van der Waals surface area contributed by atoms with Gasteiger partial charge >= 0.3 is 0 Å². The van der Waals surface area contributed by atoms with Gasteiger partial charge in [-0.05, 0) is 53.4 Å². The second kappa shape index (κ2) is 7.14. The molecule has 0 bridgehead atoms. The molecule has 0 fully saturated rings. The summed E-state index contributed by atoms with van der Waals surface area (Å²) < 4.78 is 10.4.